The number of rotatable bonds is 25. The maximum Gasteiger partial charge on any atom is 0.305 e. The first kappa shape index (κ1) is 33.5. The lowest BCUT2D eigenvalue weighted by Gasteiger charge is -2.16. The summed E-state index contributed by atoms with van der Waals surface area (Å²) in [6.07, 6.45) is 25.6. The number of carbonyl (C=O) groups excluding carboxylic acids is 1. The van der Waals surface area contributed by atoms with E-state index < -0.39 is 0 Å². The van der Waals surface area contributed by atoms with Gasteiger partial charge in [0.2, 0.25) is 0 Å². The van der Waals surface area contributed by atoms with Crippen molar-refractivity contribution in [2.75, 3.05) is 6.61 Å². The Kier molecular flexibility index (Phi) is 23.8. The molecule has 204 valence electrons. The summed E-state index contributed by atoms with van der Waals surface area (Å²) in [5.74, 6) is 3.28. The Balaban J connectivity index is 3.51. The third-order valence-corrected chi connectivity index (χ3v) is 7.62. The first-order valence-electron chi connectivity index (χ1n) is 15.5. The minimum atomic E-state index is 0.0159. The molecular formula is C32H64O2. The van der Waals surface area contributed by atoms with Crippen LogP contribution in [0.2, 0.25) is 0 Å². The first-order chi connectivity index (χ1) is 16.3. The summed E-state index contributed by atoms with van der Waals surface area (Å²) in [5, 5.41) is 0. The highest BCUT2D eigenvalue weighted by atomic mass is 16.5. The third kappa shape index (κ3) is 24.6. The van der Waals surface area contributed by atoms with Gasteiger partial charge in [-0.2, -0.15) is 0 Å². The number of ether oxygens (including phenoxy) is 1. The molecule has 0 saturated heterocycles. The van der Waals surface area contributed by atoms with Crippen molar-refractivity contribution >= 4 is 5.97 Å². The van der Waals surface area contributed by atoms with Crippen molar-refractivity contribution in [3.05, 3.63) is 0 Å². The van der Waals surface area contributed by atoms with Gasteiger partial charge in [-0.3, -0.25) is 4.79 Å². The Labute approximate surface area is 215 Å². The van der Waals surface area contributed by atoms with Crippen molar-refractivity contribution in [2.45, 2.75) is 170 Å². The van der Waals surface area contributed by atoms with E-state index in [1.165, 1.54) is 109 Å². The van der Waals surface area contributed by atoms with Crippen LogP contribution in [0, 0.1) is 23.7 Å². The summed E-state index contributed by atoms with van der Waals surface area (Å²) in [4.78, 5) is 11.9. The molecule has 0 fully saturated rings. The zero-order valence-electron chi connectivity index (χ0n) is 24.5. The topological polar surface area (TPSA) is 26.3 Å². The number of unbranched alkanes of at least 4 members (excludes halogenated alkanes) is 8. The van der Waals surface area contributed by atoms with Crippen LogP contribution in [0.4, 0.5) is 0 Å². The van der Waals surface area contributed by atoms with Crippen molar-refractivity contribution < 1.29 is 9.53 Å². The van der Waals surface area contributed by atoms with Gasteiger partial charge in [0.1, 0.15) is 0 Å². The van der Waals surface area contributed by atoms with E-state index in [2.05, 4.69) is 41.5 Å². The normalized spacial score (nSPS) is 14.3. The van der Waals surface area contributed by atoms with Crippen molar-refractivity contribution in [1.29, 1.82) is 0 Å². The van der Waals surface area contributed by atoms with E-state index in [9.17, 15) is 4.79 Å². The van der Waals surface area contributed by atoms with E-state index in [1.54, 1.807) is 0 Å². The highest BCUT2D eigenvalue weighted by molar-refractivity contribution is 5.69. The van der Waals surface area contributed by atoms with Gasteiger partial charge in [0.25, 0.3) is 0 Å². The van der Waals surface area contributed by atoms with E-state index in [0.29, 0.717) is 18.9 Å². The molecule has 0 heterocycles. The average molecular weight is 481 g/mol. The molecule has 0 saturated carbocycles. The Morgan fingerprint density at radius 2 is 0.941 bits per heavy atom. The molecule has 0 radical (unpaired) electrons. The lowest BCUT2D eigenvalue weighted by atomic mass is 9.91. The van der Waals surface area contributed by atoms with Crippen LogP contribution in [-0.4, -0.2) is 12.6 Å². The van der Waals surface area contributed by atoms with E-state index in [4.69, 9.17) is 4.74 Å². The van der Waals surface area contributed by atoms with Crippen molar-refractivity contribution in [3.8, 4) is 0 Å². The molecule has 0 bridgehead atoms. The van der Waals surface area contributed by atoms with Crippen molar-refractivity contribution in [3.63, 3.8) is 0 Å². The predicted molar refractivity (Wildman–Crippen MR) is 151 cm³/mol. The summed E-state index contributed by atoms with van der Waals surface area (Å²) in [6.45, 7) is 14.7. The fraction of sp³-hybridized carbons (Fsp3) is 0.969. The molecule has 34 heavy (non-hydrogen) atoms. The number of hydrogen-bond acceptors (Lipinski definition) is 2. The fourth-order valence-electron chi connectivity index (χ4n) is 4.96. The molecule has 3 atom stereocenters. The Morgan fingerprint density at radius 3 is 1.41 bits per heavy atom. The molecule has 2 nitrogen and oxygen atoms in total. The van der Waals surface area contributed by atoms with Crippen LogP contribution in [0.25, 0.3) is 0 Å². The van der Waals surface area contributed by atoms with Gasteiger partial charge in [0.05, 0.1) is 6.61 Å². The maximum absolute atomic E-state index is 11.9. The van der Waals surface area contributed by atoms with Gasteiger partial charge in [-0.1, -0.05) is 151 Å². The highest BCUT2D eigenvalue weighted by Crippen LogP contribution is 2.22. The van der Waals surface area contributed by atoms with Crippen LogP contribution in [-0.2, 0) is 9.53 Å². The van der Waals surface area contributed by atoms with Gasteiger partial charge in [-0.15, -0.1) is 0 Å². The zero-order chi connectivity index (χ0) is 25.4. The summed E-state index contributed by atoms with van der Waals surface area (Å²) in [7, 11) is 0. The van der Waals surface area contributed by atoms with Gasteiger partial charge in [0.15, 0.2) is 0 Å². The predicted octanol–water partition coefficient (Wildman–Crippen LogP) is 10.9. The Hall–Kier alpha value is -0.530. The molecule has 0 spiro atoms. The van der Waals surface area contributed by atoms with E-state index in [-0.39, 0.29) is 5.97 Å². The van der Waals surface area contributed by atoms with Crippen LogP contribution in [0.5, 0.6) is 0 Å². The van der Waals surface area contributed by atoms with Crippen LogP contribution in [0.1, 0.15) is 170 Å². The first-order valence-corrected chi connectivity index (χ1v) is 15.5. The highest BCUT2D eigenvalue weighted by Gasteiger charge is 2.09. The molecule has 0 aromatic rings. The largest absolute Gasteiger partial charge is 0.466 e. The van der Waals surface area contributed by atoms with E-state index >= 15 is 0 Å². The fourth-order valence-corrected chi connectivity index (χ4v) is 4.96. The number of carbonyl (C=O) groups is 1. The molecule has 0 aliphatic heterocycles. The monoisotopic (exact) mass is 480 g/mol. The van der Waals surface area contributed by atoms with Crippen LogP contribution in [0.15, 0.2) is 0 Å². The van der Waals surface area contributed by atoms with Gasteiger partial charge in [-0.25, -0.2) is 0 Å². The summed E-state index contributed by atoms with van der Waals surface area (Å²) in [6, 6.07) is 0. The molecule has 3 unspecified atom stereocenters. The molecule has 0 aromatic carbocycles. The van der Waals surface area contributed by atoms with Crippen molar-refractivity contribution in [2.24, 2.45) is 23.7 Å². The summed E-state index contributed by atoms with van der Waals surface area (Å²) in [5.41, 5.74) is 0. The minimum Gasteiger partial charge on any atom is -0.466 e. The summed E-state index contributed by atoms with van der Waals surface area (Å²) < 4.78 is 5.49. The molecule has 2 heteroatoms. The lowest BCUT2D eigenvalue weighted by Crippen LogP contribution is -2.09. The minimum absolute atomic E-state index is 0.0159. The molecule has 0 aliphatic carbocycles. The second-order valence-corrected chi connectivity index (χ2v) is 12.1. The van der Waals surface area contributed by atoms with Gasteiger partial charge in [0, 0.05) is 6.42 Å². The van der Waals surface area contributed by atoms with E-state index in [0.717, 1.165) is 30.6 Å². The van der Waals surface area contributed by atoms with Crippen molar-refractivity contribution in [1.82, 2.24) is 0 Å². The Bertz CT molecular complexity index is 431. The van der Waals surface area contributed by atoms with E-state index in [1.807, 2.05) is 0 Å². The second-order valence-electron chi connectivity index (χ2n) is 12.1. The van der Waals surface area contributed by atoms with Crippen LogP contribution < -0.4 is 0 Å². The third-order valence-electron chi connectivity index (χ3n) is 7.62. The molecule has 0 N–H and O–H groups in total. The maximum atomic E-state index is 11.9. The SMILES string of the molecule is CCCCCCCCCCCC(=O)OCCC(C)CCCC(C)CCCC(C)CCCC(C)C. The van der Waals surface area contributed by atoms with Gasteiger partial charge >= 0.3 is 5.97 Å². The number of esters is 1. The van der Waals surface area contributed by atoms with Gasteiger partial charge < -0.3 is 4.74 Å². The molecule has 0 amide bonds. The van der Waals surface area contributed by atoms with Crippen LogP contribution in [0.3, 0.4) is 0 Å². The quantitative estimate of drug-likeness (QED) is 0.0959. The molecule has 0 aliphatic rings. The molecule has 0 aromatic heterocycles. The van der Waals surface area contributed by atoms with Gasteiger partial charge in [-0.05, 0) is 36.5 Å². The number of hydrogen-bond donors (Lipinski definition) is 0. The molecule has 0 rings (SSSR count). The standard InChI is InChI=1S/C32H64O2/c1-7-8-9-10-11-12-13-14-15-25-32(33)34-27-26-31(6)24-18-23-30(5)22-17-21-29(4)20-16-19-28(2)3/h28-31H,7-27H2,1-6H3. The summed E-state index contributed by atoms with van der Waals surface area (Å²) >= 11 is 0. The zero-order valence-corrected chi connectivity index (χ0v) is 24.5. The average Bonchev–Trinajstić information content (AvgIpc) is 2.77. The van der Waals surface area contributed by atoms with Crippen LogP contribution >= 0.6 is 0 Å². The smallest absolute Gasteiger partial charge is 0.305 e. The second kappa shape index (κ2) is 24.2. The Morgan fingerprint density at radius 1 is 0.529 bits per heavy atom. The lowest BCUT2D eigenvalue weighted by molar-refractivity contribution is -0.144. The molecular weight excluding hydrogens is 416 g/mol.